The number of nitrogens with one attached hydrogen (secondary N) is 1. The SMILES string of the molecule is O=C(CN1CCN(S(=O)(=O)c2ccccc2F)CC1)NCC(F)(F)F. The van der Waals surface area contributed by atoms with Crippen LogP contribution in [-0.2, 0) is 14.8 Å². The molecule has 0 aliphatic carbocycles. The Bertz CT molecular complexity index is 716. The van der Waals surface area contributed by atoms with Crippen LogP contribution < -0.4 is 5.32 Å². The normalized spacial score (nSPS) is 17.4. The molecule has 2 rings (SSSR count). The number of halogens is 4. The summed E-state index contributed by atoms with van der Waals surface area (Å²) < 4.78 is 75.7. The van der Waals surface area contributed by atoms with Gasteiger partial charge in [-0.05, 0) is 12.1 Å². The monoisotopic (exact) mass is 383 g/mol. The second-order valence-electron chi connectivity index (χ2n) is 5.50. The average Bonchev–Trinajstić information content (AvgIpc) is 2.53. The molecule has 11 heteroatoms. The summed E-state index contributed by atoms with van der Waals surface area (Å²) in [5.41, 5.74) is 0. The highest BCUT2D eigenvalue weighted by atomic mass is 32.2. The van der Waals surface area contributed by atoms with E-state index in [2.05, 4.69) is 0 Å². The molecule has 140 valence electrons. The van der Waals surface area contributed by atoms with Crippen LogP contribution in [0.25, 0.3) is 0 Å². The van der Waals surface area contributed by atoms with E-state index in [0.29, 0.717) is 0 Å². The van der Waals surface area contributed by atoms with Crippen molar-refractivity contribution in [2.24, 2.45) is 0 Å². The third-order valence-corrected chi connectivity index (χ3v) is 5.57. The number of hydrogen-bond donors (Lipinski definition) is 1. The standard InChI is InChI=1S/C14H17F4N3O3S/c15-11-3-1-2-4-12(11)25(23,24)21-7-5-20(6-8-21)9-13(22)19-10-14(16,17)18/h1-4H,5-10H2,(H,19,22). The van der Waals surface area contributed by atoms with Gasteiger partial charge in [0.1, 0.15) is 17.3 Å². The summed E-state index contributed by atoms with van der Waals surface area (Å²) >= 11 is 0. The second-order valence-corrected chi connectivity index (χ2v) is 7.41. The van der Waals surface area contributed by atoms with Crippen LogP contribution in [0.2, 0.25) is 0 Å². The van der Waals surface area contributed by atoms with Crippen molar-refractivity contribution in [3.8, 4) is 0 Å². The molecule has 1 saturated heterocycles. The van der Waals surface area contributed by atoms with E-state index in [-0.39, 0.29) is 32.7 Å². The van der Waals surface area contributed by atoms with Crippen LogP contribution in [0.5, 0.6) is 0 Å². The number of hydrogen-bond acceptors (Lipinski definition) is 4. The molecule has 0 radical (unpaired) electrons. The Hall–Kier alpha value is -1.72. The largest absolute Gasteiger partial charge is 0.405 e. The number of piperazine rings is 1. The van der Waals surface area contributed by atoms with Crippen LogP contribution in [0.1, 0.15) is 0 Å². The number of rotatable bonds is 5. The second kappa shape index (κ2) is 7.67. The molecule has 1 fully saturated rings. The predicted molar refractivity (Wildman–Crippen MR) is 80.7 cm³/mol. The summed E-state index contributed by atoms with van der Waals surface area (Å²) in [5.74, 6) is -1.64. The van der Waals surface area contributed by atoms with Crippen LogP contribution in [0.3, 0.4) is 0 Å². The Labute approximate surface area is 142 Å². The van der Waals surface area contributed by atoms with Gasteiger partial charge in [-0.1, -0.05) is 12.1 Å². The first-order chi connectivity index (χ1) is 11.6. The summed E-state index contributed by atoms with van der Waals surface area (Å²) in [5, 5.41) is 1.76. The summed E-state index contributed by atoms with van der Waals surface area (Å²) in [6.07, 6.45) is -4.48. The number of nitrogens with zero attached hydrogens (tertiary/aromatic N) is 2. The van der Waals surface area contributed by atoms with Crippen LogP contribution in [0, 0.1) is 5.82 Å². The zero-order chi connectivity index (χ0) is 18.7. The Morgan fingerprint density at radius 3 is 2.28 bits per heavy atom. The first-order valence-corrected chi connectivity index (χ1v) is 8.84. The van der Waals surface area contributed by atoms with Gasteiger partial charge in [0.2, 0.25) is 15.9 Å². The molecule has 1 aromatic rings. The van der Waals surface area contributed by atoms with Gasteiger partial charge in [0.25, 0.3) is 0 Å². The van der Waals surface area contributed by atoms with E-state index < -0.39 is 39.4 Å². The molecule has 0 atom stereocenters. The molecule has 0 bridgehead atoms. The fourth-order valence-electron chi connectivity index (χ4n) is 2.38. The highest BCUT2D eigenvalue weighted by molar-refractivity contribution is 7.89. The number of carbonyl (C=O) groups excluding carboxylic acids is 1. The van der Waals surface area contributed by atoms with Gasteiger partial charge in [0, 0.05) is 26.2 Å². The zero-order valence-electron chi connectivity index (χ0n) is 13.1. The molecule has 1 N–H and O–H groups in total. The predicted octanol–water partition coefficient (Wildman–Crippen LogP) is 0.810. The fourth-order valence-corrected chi connectivity index (χ4v) is 3.87. The fraction of sp³-hybridized carbons (Fsp3) is 0.500. The molecule has 1 aromatic carbocycles. The van der Waals surface area contributed by atoms with Gasteiger partial charge in [0.05, 0.1) is 6.54 Å². The third kappa shape index (κ3) is 5.38. The Morgan fingerprint density at radius 1 is 1.12 bits per heavy atom. The highest BCUT2D eigenvalue weighted by Crippen LogP contribution is 2.20. The first-order valence-electron chi connectivity index (χ1n) is 7.40. The van der Waals surface area contributed by atoms with E-state index in [1.807, 2.05) is 0 Å². The lowest BCUT2D eigenvalue weighted by molar-refractivity contribution is -0.139. The minimum atomic E-state index is -4.48. The van der Waals surface area contributed by atoms with Crippen molar-refractivity contribution in [1.82, 2.24) is 14.5 Å². The molecular weight excluding hydrogens is 366 g/mol. The van der Waals surface area contributed by atoms with Gasteiger partial charge in [-0.15, -0.1) is 0 Å². The number of alkyl halides is 3. The Kier molecular flexibility index (Phi) is 6.01. The minimum absolute atomic E-state index is 0.0171. The van der Waals surface area contributed by atoms with Crippen molar-refractivity contribution in [2.45, 2.75) is 11.1 Å². The Balaban J connectivity index is 1.89. The van der Waals surface area contributed by atoms with E-state index >= 15 is 0 Å². The van der Waals surface area contributed by atoms with Gasteiger partial charge in [-0.2, -0.15) is 17.5 Å². The summed E-state index contributed by atoms with van der Waals surface area (Å²) in [7, 11) is -3.99. The molecule has 0 aromatic heterocycles. The van der Waals surface area contributed by atoms with Gasteiger partial charge in [-0.25, -0.2) is 12.8 Å². The van der Waals surface area contributed by atoms with Gasteiger partial charge >= 0.3 is 6.18 Å². The third-order valence-electron chi connectivity index (χ3n) is 3.64. The van der Waals surface area contributed by atoms with Crippen LogP contribution >= 0.6 is 0 Å². The molecule has 1 aliphatic heterocycles. The van der Waals surface area contributed by atoms with Crippen molar-refractivity contribution in [1.29, 1.82) is 0 Å². The van der Waals surface area contributed by atoms with Gasteiger partial charge < -0.3 is 5.32 Å². The van der Waals surface area contributed by atoms with Crippen LogP contribution in [0.15, 0.2) is 29.2 Å². The number of sulfonamides is 1. The molecular formula is C14H17F4N3O3S. The highest BCUT2D eigenvalue weighted by Gasteiger charge is 2.31. The maximum atomic E-state index is 13.7. The first kappa shape index (κ1) is 19.6. The van der Waals surface area contributed by atoms with Crippen molar-refractivity contribution in [3.63, 3.8) is 0 Å². The molecule has 1 amide bonds. The summed E-state index contributed by atoms with van der Waals surface area (Å²) in [6.45, 7) is -1.32. The van der Waals surface area contributed by atoms with E-state index in [9.17, 15) is 30.8 Å². The van der Waals surface area contributed by atoms with Crippen molar-refractivity contribution in [3.05, 3.63) is 30.1 Å². The number of amides is 1. The lowest BCUT2D eigenvalue weighted by atomic mass is 10.3. The summed E-state index contributed by atoms with van der Waals surface area (Å²) in [6, 6.07) is 5.01. The smallest absolute Gasteiger partial charge is 0.346 e. The minimum Gasteiger partial charge on any atom is -0.346 e. The van der Waals surface area contributed by atoms with E-state index in [1.165, 1.54) is 18.2 Å². The number of benzene rings is 1. The van der Waals surface area contributed by atoms with Crippen molar-refractivity contribution in [2.75, 3.05) is 39.3 Å². The Morgan fingerprint density at radius 2 is 1.72 bits per heavy atom. The lowest BCUT2D eigenvalue weighted by Gasteiger charge is -2.33. The topological polar surface area (TPSA) is 69.7 Å². The van der Waals surface area contributed by atoms with E-state index in [0.717, 1.165) is 10.4 Å². The maximum Gasteiger partial charge on any atom is 0.405 e. The quantitative estimate of drug-likeness (QED) is 0.764. The van der Waals surface area contributed by atoms with Gasteiger partial charge in [-0.3, -0.25) is 9.69 Å². The molecule has 1 heterocycles. The van der Waals surface area contributed by atoms with E-state index in [1.54, 1.807) is 10.2 Å². The van der Waals surface area contributed by atoms with Gasteiger partial charge in [0.15, 0.2) is 0 Å². The van der Waals surface area contributed by atoms with Crippen LogP contribution in [0.4, 0.5) is 17.6 Å². The summed E-state index contributed by atoms with van der Waals surface area (Å²) in [4.78, 5) is 12.6. The molecule has 0 unspecified atom stereocenters. The average molecular weight is 383 g/mol. The lowest BCUT2D eigenvalue weighted by Crippen LogP contribution is -2.51. The molecule has 25 heavy (non-hydrogen) atoms. The zero-order valence-corrected chi connectivity index (χ0v) is 13.9. The molecule has 1 aliphatic rings. The van der Waals surface area contributed by atoms with Crippen molar-refractivity contribution < 1.29 is 30.8 Å². The molecule has 0 spiro atoms. The van der Waals surface area contributed by atoms with Crippen LogP contribution in [-0.4, -0.2) is 69.0 Å². The van der Waals surface area contributed by atoms with E-state index in [4.69, 9.17) is 0 Å². The number of carbonyl (C=O) groups is 1. The van der Waals surface area contributed by atoms with Crippen molar-refractivity contribution >= 4 is 15.9 Å². The molecule has 6 nitrogen and oxygen atoms in total. The maximum absolute atomic E-state index is 13.7. The molecule has 0 saturated carbocycles.